The van der Waals surface area contributed by atoms with Crippen LogP contribution >= 0.6 is 0 Å². The number of fused-ring (bicyclic) bond motifs is 1. The van der Waals surface area contributed by atoms with Crippen LogP contribution in [0, 0.1) is 23.6 Å². The van der Waals surface area contributed by atoms with Gasteiger partial charge in [0.2, 0.25) is 11.8 Å². The van der Waals surface area contributed by atoms with E-state index in [9.17, 15) is 34.1 Å². The molecule has 1 aromatic carbocycles. The van der Waals surface area contributed by atoms with Gasteiger partial charge in [-0.05, 0) is 55.4 Å². The predicted molar refractivity (Wildman–Crippen MR) is 130 cm³/mol. The summed E-state index contributed by atoms with van der Waals surface area (Å²) in [5.74, 6) is -4.98. The average molecular weight is 504 g/mol. The minimum atomic E-state index is -1.05. The number of aliphatic hydroxyl groups excluding tert-OH is 2. The molecular formula is C27H34FNO7. The first kappa shape index (κ1) is 27.5. The summed E-state index contributed by atoms with van der Waals surface area (Å²) in [4.78, 5) is 38.4. The van der Waals surface area contributed by atoms with Gasteiger partial charge in [0.15, 0.2) is 11.6 Å². The van der Waals surface area contributed by atoms with Crippen molar-refractivity contribution in [3.05, 3.63) is 46.3 Å². The zero-order chi connectivity index (χ0) is 26.6. The van der Waals surface area contributed by atoms with E-state index in [4.69, 9.17) is 0 Å². The Morgan fingerprint density at radius 1 is 1.25 bits per heavy atom. The van der Waals surface area contributed by atoms with Crippen LogP contribution in [0.1, 0.15) is 57.9 Å². The Labute approximate surface area is 210 Å². The number of hydrogen-bond donors (Lipinski definition) is 3. The Morgan fingerprint density at radius 2 is 1.97 bits per heavy atom. The number of hydrogen-bond acceptors (Lipinski definition) is 7. The minimum absolute atomic E-state index is 0.229. The lowest BCUT2D eigenvalue weighted by atomic mass is 9.67. The lowest BCUT2D eigenvalue weighted by Crippen LogP contribution is -2.40. The maximum Gasteiger partial charge on any atom is 0.423 e. The molecule has 3 rings (SSSR count). The Morgan fingerprint density at radius 3 is 2.56 bits per heavy atom. The molecule has 3 N–H and O–H groups in total. The molecule has 0 unspecified atom stereocenters. The number of halogens is 1. The highest BCUT2D eigenvalue weighted by Gasteiger charge is 2.56. The number of imide groups is 3. The van der Waals surface area contributed by atoms with Crippen molar-refractivity contribution in [2.75, 3.05) is 13.7 Å². The van der Waals surface area contributed by atoms with Gasteiger partial charge in [0.05, 0.1) is 31.7 Å². The zero-order valence-electron chi connectivity index (χ0n) is 20.9. The van der Waals surface area contributed by atoms with E-state index in [-0.39, 0.29) is 6.42 Å². The molecule has 8 nitrogen and oxygen atoms in total. The average Bonchev–Trinajstić information content (AvgIpc) is 3.12. The number of phenolic OH excluding ortho intramolecular Hbond substituents is 1. The van der Waals surface area contributed by atoms with E-state index in [0.717, 1.165) is 31.1 Å². The number of phenols is 1. The number of allylic oxidation sites excluding steroid dienone is 2. The molecule has 1 aromatic rings. The fraction of sp³-hybridized carbons (Fsp3) is 0.519. The van der Waals surface area contributed by atoms with E-state index in [1.165, 1.54) is 12.1 Å². The lowest BCUT2D eigenvalue weighted by molar-refractivity contribution is -0.137. The van der Waals surface area contributed by atoms with Crippen LogP contribution in [-0.4, -0.2) is 57.9 Å². The topological polar surface area (TPSA) is 124 Å². The Hall–Kier alpha value is -3.04. The number of carbonyl (C=O) groups is 3. The molecule has 0 spiro atoms. The molecule has 9 heteroatoms. The second-order valence-corrected chi connectivity index (χ2v) is 9.34. The fourth-order valence-corrected chi connectivity index (χ4v) is 5.49. The van der Waals surface area contributed by atoms with E-state index in [1.54, 1.807) is 6.07 Å². The van der Waals surface area contributed by atoms with Gasteiger partial charge in [-0.1, -0.05) is 43.6 Å². The Balaban J connectivity index is 1.85. The molecule has 0 radical (unpaired) electrons. The summed E-state index contributed by atoms with van der Waals surface area (Å²) in [6, 6.07) is 4.15. The highest BCUT2D eigenvalue weighted by Crippen LogP contribution is 2.47. The SMILES string of the molecule is CCC/C(=C\c1ccc(O)c(F)c1)CC[C@@H](O)C1=C(CC)C[C@H]2C(=O)N(C(=O)OC)C(=O)[C@H]2[C@H]1CO. The van der Waals surface area contributed by atoms with E-state index in [2.05, 4.69) is 4.74 Å². The molecule has 0 bridgehead atoms. The summed E-state index contributed by atoms with van der Waals surface area (Å²) in [7, 11) is 1.09. The van der Waals surface area contributed by atoms with Gasteiger partial charge in [-0.2, -0.15) is 4.90 Å². The summed E-state index contributed by atoms with van der Waals surface area (Å²) >= 11 is 0. The molecule has 1 fully saturated rings. The molecule has 0 saturated carbocycles. The number of aromatic hydroxyl groups is 1. The highest BCUT2D eigenvalue weighted by molar-refractivity contribution is 6.15. The second kappa shape index (κ2) is 11.8. The minimum Gasteiger partial charge on any atom is -0.505 e. The van der Waals surface area contributed by atoms with Crippen LogP contribution in [-0.2, 0) is 14.3 Å². The highest BCUT2D eigenvalue weighted by atomic mass is 19.1. The molecule has 36 heavy (non-hydrogen) atoms. The Bertz CT molecular complexity index is 1080. The molecule has 1 aliphatic carbocycles. The fourth-order valence-electron chi connectivity index (χ4n) is 5.49. The summed E-state index contributed by atoms with van der Waals surface area (Å²) in [5.41, 5.74) is 2.94. The Kier molecular flexibility index (Phi) is 9.03. The smallest absolute Gasteiger partial charge is 0.423 e. The van der Waals surface area contributed by atoms with Crippen molar-refractivity contribution in [3.63, 3.8) is 0 Å². The number of carbonyl (C=O) groups excluding carboxylic acids is 3. The third-order valence-corrected chi connectivity index (χ3v) is 7.18. The molecule has 0 aromatic heterocycles. The number of ether oxygens (including phenoxy) is 1. The van der Waals surface area contributed by atoms with Crippen LogP contribution in [0.3, 0.4) is 0 Å². The van der Waals surface area contributed by atoms with E-state index >= 15 is 0 Å². The van der Waals surface area contributed by atoms with Crippen molar-refractivity contribution >= 4 is 24.0 Å². The number of benzene rings is 1. The number of rotatable bonds is 9. The second-order valence-electron chi connectivity index (χ2n) is 9.34. The number of likely N-dealkylation sites (tertiary alicyclic amines) is 1. The van der Waals surface area contributed by atoms with E-state index in [0.29, 0.717) is 35.3 Å². The molecule has 4 atom stereocenters. The van der Waals surface area contributed by atoms with Gasteiger partial charge in [-0.3, -0.25) is 9.59 Å². The van der Waals surface area contributed by atoms with Gasteiger partial charge in [-0.25, -0.2) is 9.18 Å². The summed E-state index contributed by atoms with van der Waals surface area (Å²) in [5, 5.41) is 30.9. The quantitative estimate of drug-likeness (QED) is 0.344. The van der Waals surface area contributed by atoms with Crippen molar-refractivity contribution in [1.82, 2.24) is 4.90 Å². The van der Waals surface area contributed by atoms with Crippen LogP contribution < -0.4 is 0 Å². The van der Waals surface area contributed by atoms with E-state index in [1.807, 2.05) is 19.9 Å². The molecule has 1 heterocycles. The number of aliphatic hydroxyl groups is 2. The maximum absolute atomic E-state index is 13.8. The third-order valence-electron chi connectivity index (χ3n) is 7.18. The number of nitrogens with zero attached hydrogens (tertiary/aromatic N) is 1. The monoisotopic (exact) mass is 503 g/mol. The summed E-state index contributed by atoms with van der Waals surface area (Å²) in [6.07, 6.45) is 2.94. The van der Waals surface area contributed by atoms with Gasteiger partial charge >= 0.3 is 6.09 Å². The van der Waals surface area contributed by atoms with Crippen LogP contribution in [0.2, 0.25) is 0 Å². The third kappa shape index (κ3) is 5.37. The first-order valence-corrected chi connectivity index (χ1v) is 12.3. The normalized spacial score (nSPS) is 23.2. The van der Waals surface area contributed by atoms with Crippen molar-refractivity contribution < 1.29 is 38.8 Å². The summed E-state index contributed by atoms with van der Waals surface area (Å²) < 4.78 is 18.4. The maximum atomic E-state index is 13.8. The molecular weight excluding hydrogens is 469 g/mol. The van der Waals surface area contributed by atoms with Crippen molar-refractivity contribution in [1.29, 1.82) is 0 Å². The van der Waals surface area contributed by atoms with Gasteiger partial charge < -0.3 is 20.1 Å². The van der Waals surface area contributed by atoms with Crippen LogP contribution in [0.4, 0.5) is 9.18 Å². The predicted octanol–water partition coefficient (Wildman–Crippen LogP) is 3.94. The van der Waals surface area contributed by atoms with Crippen molar-refractivity contribution in [2.24, 2.45) is 17.8 Å². The van der Waals surface area contributed by atoms with Gasteiger partial charge in [-0.15, -0.1) is 0 Å². The molecule has 196 valence electrons. The number of methoxy groups -OCH3 is 1. The first-order valence-electron chi connectivity index (χ1n) is 12.3. The van der Waals surface area contributed by atoms with Gasteiger partial charge in [0.25, 0.3) is 0 Å². The largest absolute Gasteiger partial charge is 0.505 e. The molecule has 1 saturated heterocycles. The molecule has 3 amide bonds. The van der Waals surface area contributed by atoms with Crippen molar-refractivity contribution in [2.45, 2.75) is 58.5 Å². The van der Waals surface area contributed by atoms with Crippen molar-refractivity contribution in [3.8, 4) is 5.75 Å². The zero-order valence-corrected chi connectivity index (χ0v) is 20.9. The lowest BCUT2D eigenvalue weighted by Gasteiger charge is -2.36. The summed E-state index contributed by atoms with van der Waals surface area (Å²) in [6.45, 7) is 3.45. The van der Waals surface area contributed by atoms with Crippen LogP contribution in [0.25, 0.3) is 6.08 Å². The van der Waals surface area contributed by atoms with Gasteiger partial charge in [0, 0.05) is 5.92 Å². The first-order chi connectivity index (χ1) is 17.2. The standard InChI is InChI=1S/C27H34FNO7/c1-4-6-15(11-16-8-9-21(31)20(28)12-16)7-10-22(32)23-17(5-2)13-18-24(19(23)14-30)26(34)29(25(18)33)27(35)36-3/h8-9,11-12,18-19,22,24,30-32H,4-7,10,13-14H2,1-3H3/b15-11+/t18-,19+,22-,24-/m1/s1. The van der Waals surface area contributed by atoms with Gasteiger partial charge in [0.1, 0.15) is 0 Å². The number of amides is 3. The van der Waals surface area contributed by atoms with Crippen LogP contribution in [0.5, 0.6) is 5.75 Å². The van der Waals surface area contributed by atoms with Crippen LogP contribution in [0.15, 0.2) is 34.9 Å². The molecule has 1 aliphatic heterocycles. The van der Waals surface area contributed by atoms with E-state index < -0.39 is 59.9 Å². The molecule has 2 aliphatic rings.